The van der Waals surface area contributed by atoms with Gasteiger partial charge in [0.05, 0.1) is 11.1 Å². The lowest BCUT2D eigenvalue weighted by atomic mass is 10.2. The molecule has 1 aromatic rings. The Morgan fingerprint density at radius 3 is 2.94 bits per heavy atom. The predicted molar refractivity (Wildman–Crippen MR) is 59.3 cm³/mol. The minimum absolute atomic E-state index is 0.0126. The van der Waals surface area contributed by atoms with Crippen LogP contribution in [0, 0.1) is 10.1 Å². The molecule has 0 atom stereocenters. The second-order valence-corrected chi connectivity index (χ2v) is 3.28. The van der Waals surface area contributed by atoms with Crippen molar-refractivity contribution in [2.24, 2.45) is 5.16 Å². The molecule has 0 unspecified atom stereocenters. The third-order valence-electron chi connectivity index (χ3n) is 1.63. The molecule has 0 radical (unpaired) electrons. The fourth-order valence-electron chi connectivity index (χ4n) is 0.941. The molecule has 0 fully saturated rings. The van der Waals surface area contributed by atoms with Gasteiger partial charge >= 0.3 is 5.97 Å². The van der Waals surface area contributed by atoms with Crippen LogP contribution in [0.15, 0.2) is 23.4 Å². The number of oxime groups is 1. The summed E-state index contributed by atoms with van der Waals surface area (Å²) in [7, 11) is 0. The highest BCUT2D eigenvalue weighted by atomic mass is 35.5. The number of nitro groups is 1. The molecule has 0 spiro atoms. The minimum atomic E-state index is -1.16. The SMILES string of the molecule is O=C(O)CON=Cc1ccc(Cl)c([N+](=O)[O-])c1. The Morgan fingerprint density at radius 2 is 2.35 bits per heavy atom. The van der Waals surface area contributed by atoms with Crippen LogP contribution in [0.4, 0.5) is 5.69 Å². The van der Waals surface area contributed by atoms with Crippen LogP contribution < -0.4 is 0 Å². The number of rotatable bonds is 5. The molecule has 7 nitrogen and oxygen atoms in total. The number of carbonyl (C=O) groups is 1. The molecule has 1 N–H and O–H groups in total. The zero-order valence-electron chi connectivity index (χ0n) is 8.37. The second kappa shape index (κ2) is 5.80. The first-order valence-corrected chi connectivity index (χ1v) is 4.69. The third kappa shape index (κ3) is 4.07. The largest absolute Gasteiger partial charge is 0.479 e. The molecule has 0 aliphatic heterocycles. The van der Waals surface area contributed by atoms with Gasteiger partial charge in [0, 0.05) is 11.6 Å². The van der Waals surface area contributed by atoms with Crippen molar-refractivity contribution in [1.82, 2.24) is 0 Å². The fraction of sp³-hybridized carbons (Fsp3) is 0.111. The summed E-state index contributed by atoms with van der Waals surface area (Å²) in [5, 5.41) is 22.2. The Balaban J connectivity index is 2.75. The van der Waals surface area contributed by atoms with E-state index in [9.17, 15) is 14.9 Å². The molecule has 17 heavy (non-hydrogen) atoms. The molecule has 0 saturated carbocycles. The summed E-state index contributed by atoms with van der Waals surface area (Å²) in [6.45, 7) is -0.577. The van der Waals surface area contributed by atoms with Gasteiger partial charge in [-0.15, -0.1) is 0 Å². The Hall–Kier alpha value is -2.15. The van der Waals surface area contributed by atoms with E-state index >= 15 is 0 Å². The Bertz CT molecular complexity index is 474. The average molecular weight is 259 g/mol. The first-order valence-electron chi connectivity index (χ1n) is 4.32. The van der Waals surface area contributed by atoms with Gasteiger partial charge in [-0.05, 0) is 6.07 Å². The molecule has 0 heterocycles. The van der Waals surface area contributed by atoms with Crippen molar-refractivity contribution in [2.75, 3.05) is 6.61 Å². The first-order chi connectivity index (χ1) is 8.00. The minimum Gasteiger partial charge on any atom is -0.479 e. The standard InChI is InChI=1S/C9H7ClN2O5/c10-7-2-1-6(3-8(7)12(15)16)4-11-17-5-9(13)14/h1-4H,5H2,(H,13,14). The summed E-state index contributed by atoms with van der Waals surface area (Å²) in [6, 6.07) is 4.04. The smallest absolute Gasteiger partial charge is 0.344 e. The normalized spacial score (nSPS) is 10.4. The van der Waals surface area contributed by atoms with Gasteiger partial charge < -0.3 is 9.94 Å². The molecule has 0 aliphatic carbocycles. The van der Waals surface area contributed by atoms with Crippen LogP contribution in [0.5, 0.6) is 0 Å². The topological polar surface area (TPSA) is 102 Å². The maximum Gasteiger partial charge on any atom is 0.344 e. The molecule has 0 saturated heterocycles. The Morgan fingerprint density at radius 1 is 1.65 bits per heavy atom. The maximum absolute atomic E-state index is 10.6. The average Bonchev–Trinajstić information content (AvgIpc) is 2.25. The van der Waals surface area contributed by atoms with E-state index in [1.165, 1.54) is 18.2 Å². The molecule has 1 rings (SSSR count). The van der Waals surface area contributed by atoms with Crippen LogP contribution in [0.3, 0.4) is 0 Å². The van der Waals surface area contributed by atoms with E-state index in [-0.39, 0.29) is 10.7 Å². The highest BCUT2D eigenvalue weighted by Gasteiger charge is 2.11. The Kier molecular flexibility index (Phi) is 4.41. The van der Waals surface area contributed by atoms with E-state index in [1.807, 2.05) is 0 Å². The van der Waals surface area contributed by atoms with Gasteiger partial charge in [-0.3, -0.25) is 10.1 Å². The number of nitro benzene ring substituents is 1. The van der Waals surface area contributed by atoms with Gasteiger partial charge in [-0.2, -0.15) is 0 Å². The third-order valence-corrected chi connectivity index (χ3v) is 1.95. The number of nitrogens with zero attached hydrogens (tertiary/aromatic N) is 2. The lowest BCUT2D eigenvalue weighted by Gasteiger charge is -1.97. The van der Waals surface area contributed by atoms with Gasteiger partial charge in [-0.25, -0.2) is 4.79 Å². The number of aliphatic carboxylic acids is 1. The summed E-state index contributed by atoms with van der Waals surface area (Å²) < 4.78 is 0. The number of benzene rings is 1. The molecule has 0 aromatic heterocycles. The maximum atomic E-state index is 10.6. The van der Waals surface area contributed by atoms with Gasteiger partial charge in [-0.1, -0.05) is 22.8 Å². The predicted octanol–water partition coefficient (Wildman–Crippen LogP) is 1.68. The molecule has 1 aromatic carbocycles. The van der Waals surface area contributed by atoms with Crippen LogP contribution >= 0.6 is 11.6 Å². The van der Waals surface area contributed by atoms with Crippen LogP contribution in [-0.4, -0.2) is 28.8 Å². The van der Waals surface area contributed by atoms with Crippen molar-refractivity contribution >= 4 is 29.5 Å². The van der Waals surface area contributed by atoms with E-state index in [4.69, 9.17) is 16.7 Å². The number of halogens is 1. The van der Waals surface area contributed by atoms with E-state index in [1.54, 1.807) is 0 Å². The van der Waals surface area contributed by atoms with Crippen molar-refractivity contribution < 1.29 is 19.7 Å². The highest BCUT2D eigenvalue weighted by Crippen LogP contribution is 2.24. The lowest BCUT2D eigenvalue weighted by Crippen LogP contribution is -2.03. The molecule has 0 aliphatic rings. The van der Waals surface area contributed by atoms with Gasteiger partial charge in [0.15, 0.2) is 0 Å². The number of hydrogen-bond acceptors (Lipinski definition) is 5. The molecular formula is C9H7ClN2O5. The van der Waals surface area contributed by atoms with E-state index in [0.717, 1.165) is 6.21 Å². The van der Waals surface area contributed by atoms with Crippen LogP contribution in [-0.2, 0) is 9.63 Å². The van der Waals surface area contributed by atoms with E-state index in [2.05, 4.69) is 9.99 Å². The van der Waals surface area contributed by atoms with Gasteiger partial charge in [0.1, 0.15) is 5.02 Å². The van der Waals surface area contributed by atoms with Crippen LogP contribution in [0.2, 0.25) is 5.02 Å². The van der Waals surface area contributed by atoms with Crippen LogP contribution in [0.25, 0.3) is 0 Å². The molecule has 0 amide bonds. The summed E-state index contributed by atoms with van der Waals surface area (Å²) in [6.07, 6.45) is 1.16. The molecular weight excluding hydrogens is 252 g/mol. The molecule has 90 valence electrons. The fourth-order valence-corrected chi connectivity index (χ4v) is 1.13. The lowest BCUT2D eigenvalue weighted by molar-refractivity contribution is -0.384. The van der Waals surface area contributed by atoms with Crippen molar-refractivity contribution in [3.05, 3.63) is 38.9 Å². The molecule has 8 heteroatoms. The molecule has 0 bridgehead atoms. The summed E-state index contributed by atoms with van der Waals surface area (Å²) >= 11 is 5.60. The van der Waals surface area contributed by atoms with E-state index in [0.29, 0.717) is 5.56 Å². The highest BCUT2D eigenvalue weighted by molar-refractivity contribution is 6.32. The zero-order chi connectivity index (χ0) is 12.8. The van der Waals surface area contributed by atoms with Crippen molar-refractivity contribution in [3.63, 3.8) is 0 Å². The van der Waals surface area contributed by atoms with Crippen molar-refractivity contribution in [1.29, 1.82) is 0 Å². The van der Waals surface area contributed by atoms with Gasteiger partial charge in [0.2, 0.25) is 6.61 Å². The second-order valence-electron chi connectivity index (χ2n) is 2.87. The first kappa shape index (κ1) is 12.9. The van der Waals surface area contributed by atoms with Crippen molar-refractivity contribution in [2.45, 2.75) is 0 Å². The Labute approximate surface area is 100 Å². The quantitative estimate of drug-likeness (QED) is 0.492. The zero-order valence-corrected chi connectivity index (χ0v) is 9.13. The number of carboxylic acids is 1. The van der Waals surface area contributed by atoms with Crippen molar-refractivity contribution in [3.8, 4) is 0 Å². The van der Waals surface area contributed by atoms with Crippen LogP contribution in [0.1, 0.15) is 5.56 Å². The van der Waals surface area contributed by atoms with E-state index < -0.39 is 17.5 Å². The number of carboxylic acid groups (broad SMARTS) is 1. The summed E-state index contributed by atoms with van der Waals surface area (Å²) in [4.78, 5) is 24.4. The summed E-state index contributed by atoms with van der Waals surface area (Å²) in [5.41, 5.74) is 0.125. The number of hydrogen-bond donors (Lipinski definition) is 1. The monoisotopic (exact) mass is 258 g/mol. The van der Waals surface area contributed by atoms with Gasteiger partial charge in [0.25, 0.3) is 5.69 Å². The summed E-state index contributed by atoms with van der Waals surface area (Å²) in [5.74, 6) is -1.16.